The van der Waals surface area contributed by atoms with Gasteiger partial charge in [0.2, 0.25) is 0 Å². The van der Waals surface area contributed by atoms with E-state index in [2.05, 4.69) is 0 Å². The third kappa shape index (κ3) is 3.52. The van der Waals surface area contributed by atoms with Gasteiger partial charge in [0.15, 0.2) is 5.78 Å². The molecule has 0 saturated heterocycles. The number of hydrogen-bond acceptors (Lipinski definition) is 7. The second-order valence-corrected chi connectivity index (χ2v) is 6.98. The van der Waals surface area contributed by atoms with Crippen LogP contribution in [-0.2, 0) is 23.9 Å². The highest BCUT2D eigenvalue weighted by atomic mass is 32.1. The SMILES string of the molecule is CCOC(=O)[C@@H]1C(=O)C[C@](C)(O)[C@@H](C(=O)OCC)[C@@H]1c1cccs1. The first-order valence-electron chi connectivity index (χ1n) is 7.95. The molecule has 1 N–H and O–H groups in total. The summed E-state index contributed by atoms with van der Waals surface area (Å²) < 4.78 is 10.2. The Morgan fingerprint density at radius 2 is 1.92 bits per heavy atom. The molecule has 0 amide bonds. The Kier molecular flexibility index (Phi) is 5.77. The van der Waals surface area contributed by atoms with E-state index in [1.54, 1.807) is 31.4 Å². The van der Waals surface area contributed by atoms with E-state index >= 15 is 0 Å². The van der Waals surface area contributed by atoms with Gasteiger partial charge in [-0.2, -0.15) is 0 Å². The molecule has 1 aliphatic carbocycles. The molecule has 1 aromatic heterocycles. The number of ketones is 1. The number of Topliss-reactive ketones (excluding diaryl/α,β-unsaturated/α-hetero) is 1. The van der Waals surface area contributed by atoms with E-state index in [1.165, 1.54) is 18.3 Å². The first-order valence-corrected chi connectivity index (χ1v) is 8.83. The van der Waals surface area contributed by atoms with Gasteiger partial charge in [0, 0.05) is 17.2 Å². The summed E-state index contributed by atoms with van der Waals surface area (Å²) in [6.45, 7) is 5.06. The third-order valence-electron chi connectivity index (χ3n) is 4.22. The minimum absolute atomic E-state index is 0.139. The van der Waals surface area contributed by atoms with Crippen LogP contribution in [0.1, 0.15) is 38.0 Å². The highest BCUT2D eigenvalue weighted by Gasteiger charge is 2.57. The Balaban J connectivity index is 2.53. The topological polar surface area (TPSA) is 89.9 Å². The van der Waals surface area contributed by atoms with Crippen molar-refractivity contribution in [1.82, 2.24) is 0 Å². The first kappa shape index (κ1) is 18.6. The zero-order valence-electron chi connectivity index (χ0n) is 14.0. The van der Waals surface area contributed by atoms with Crippen molar-refractivity contribution in [2.75, 3.05) is 13.2 Å². The molecule has 0 spiro atoms. The number of rotatable bonds is 5. The third-order valence-corrected chi connectivity index (χ3v) is 5.19. The van der Waals surface area contributed by atoms with Crippen LogP contribution in [0.2, 0.25) is 0 Å². The minimum atomic E-state index is -1.58. The molecule has 1 aliphatic rings. The molecule has 1 fully saturated rings. The van der Waals surface area contributed by atoms with Gasteiger partial charge in [-0.1, -0.05) is 6.07 Å². The van der Waals surface area contributed by atoms with E-state index in [0.717, 1.165) is 0 Å². The van der Waals surface area contributed by atoms with E-state index in [1.807, 2.05) is 0 Å². The van der Waals surface area contributed by atoms with Crippen LogP contribution in [0, 0.1) is 11.8 Å². The molecular weight excluding hydrogens is 332 g/mol. The first-order chi connectivity index (χ1) is 11.3. The van der Waals surface area contributed by atoms with Gasteiger partial charge in [0.1, 0.15) is 5.92 Å². The van der Waals surface area contributed by atoms with Crippen LogP contribution in [0.3, 0.4) is 0 Å². The molecule has 0 aromatic carbocycles. The van der Waals surface area contributed by atoms with E-state index in [0.29, 0.717) is 4.88 Å². The Bertz CT molecular complexity index is 607. The van der Waals surface area contributed by atoms with Gasteiger partial charge < -0.3 is 14.6 Å². The van der Waals surface area contributed by atoms with E-state index in [-0.39, 0.29) is 19.6 Å². The zero-order valence-corrected chi connectivity index (χ0v) is 14.8. The monoisotopic (exact) mass is 354 g/mol. The highest BCUT2D eigenvalue weighted by molar-refractivity contribution is 7.10. The van der Waals surface area contributed by atoms with Crippen LogP contribution in [0.25, 0.3) is 0 Å². The van der Waals surface area contributed by atoms with Crippen molar-refractivity contribution < 1.29 is 29.0 Å². The summed E-state index contributed by atoms with van der Waals surface area (Å²) in [4.78, 5) is 38.1. The molecule has 24 heavy (non-hydrogen) atoms. The number of thiophene rings is 1. The Morgan fingerprint density at radius 1 is 1.29 bits per heavy atom. The van der Waals surface area contributed by atoms with Crippen LogP contribution < -0.4 is 0 Å². The van der Waals surface area contributed by atoms with Crippen LogP contribution in [-0.4, -0.2) is 41.6 Å². The van der Waals surface area contributed by atoms with E-state index in [4.69, 9.17) is 9.47 Å². The normalized spacial score (nSPS) is 30.0. The van der Waals surface area contributed by atoms with Gasteiger partial charge in [-0.05, 0) is 32.2 Å². The molecule has 1 heterocycles. The van der Waals surface area contributed by atoms with Crippen molar-refractivity contribution in [2.45, 2.75) is 38.7 Å². The predicted octanol–water partition coefficient (Wildman–Crippen LogP) is 1.91. The molecule has 1 aromatic rings. The van der Waals surface area contributed by atoms with Crippen molar-refractivity contribution in [3.8, 4) is 0 Å². The molecule has 7 heteroatoms. The number of esters is 2. The second kappa shape index (κ2) is 7.44. The molecular formula is C17H22O6S. The standard InChI is InChI=1S/C17H22O6S/c1-4-22-15(19)12-10(18)9-17(3,21)14(16(20)23-5-2)13(12)11-7-6-8-24-11/h6-8,12-14,21H,4-5,9H2,1-3H3/t12-,13-,14-,17+/m1/s1. The molecule has 0 radical (unpaired) electrons. The summed E-state index contributed by atoms with van der Waals surface area (Å²) >= 11 is 1.33. The minimum Gasteiger partial charge on any atom is -0.466 e. The molecule has 0 bridgehead atoms. The molecule has 0 aliphatic heterocycles. The summed E-state index contributed by atoms with van der Waals surface area (Å²) in [6.07, 6.45) is -0.290. The van der Waals surface area contributed by atoms with Crippen LogP contribution in [0.15, 0.2) is 17.5 Å². The largest absolute Gasteiger partial charge is 0.466 e. The lowest BCUT2D eigenvalue weighted by atomic mass is 9.63. The number of ether oxygens (including phenoxy) is 2. The number of carbonyl (C=O) groups excluding carboxylic acids is 3. The lowest BCUT2D eigenvalue weighted by molar-refractivity contribution is -0.172. The second-order valence-electron chi connectivity index (χ2n) is 6.00. The van der Waals surface area contributed by atoms with Crippen LogP contribution >= 0.6 is 11.3 Å². The van der Waals surface area contributed by atoms with Crippen LogP contribution in [0.4, 0.5) is 0 Å². The number of carbonyl (C=O) groups is 3. The molecule has 4 atom stereocenters. The van der Waals surface area contributed by atoms with Crippen LogP contribution in [0.5, 0.6) is 0 Å². The highest BCUT2D eigenvalue weighted by Crippen LogP contribution is 2.47. The molecule has 2 rings (SSSR count). The fourth-order valence-electron chi connectivity index (χ4n) is 3.30. The average Bonchev–Trinajstić information content (AvgIpc) is 2.99. The summed E-state index contributed by atoms with van der Waals surface area (Å²) in [6, 6.07) is 3.53. The quantitative estimate of drug-likeness (QED) is 0.642. The molecule has 0 unspecified atom stereocenters. The smallest absolute Gasteiger partial charge is 0.317 e. The predicted molar refractivity (Wildman–Crippen MR) is 87.6 cm³/mol. The zero-order chi connectivity index (χ0) is 17.9. The average molecular weight is 354 g/mol. The Morgan fingerprint density at radius 3 is 2.46 bits per heavy atom. The fourth-order valence-corrected chi connectivity index (χ4v) is 4.21. The fraction of sp³-hybridized carbons (Fsp3) is 0.588. The summed E-state index contributed by atoms with van der Waals surface area (Å²) in [5, 5.41) is 12.5. The maximum atomic E-state index is 12.5. The van der Waals surface area contributed by atoms with Gasteiger partial charge in [0.25, 0.3) is 0 Å². The van der Waals surface area contributed by atoms with Gasteiger partial charge in [-0.3, -0.25) is 14.4 Å². The van der Waals surface area contributed by atoms with E-state index in [9.17, 15) is 19.5 Å². The molecule has 6 nitrogen and oxygen atoms in total. The summed E-state index contributed by atoms with van der Waals surface area (Å²) in [5.74, 6) is -4.61. The van der Waals surface area contributed by atoms with E-state index < -0.39 is 41.1 Å². The van der Waals surface area contributed by atoms with Crippen molar-refractivity contribution in [3.63, 3.8) is 0 Å². The summed E-state index contributed by atoms with van der Waals surface area (Å²) in [7, 11) is 0. The van der Waals surface area contributed by atoms with Crippen molar-refractivity contribution in [2.24, 2.45) is 11.8 Å². The Labute approximate surface area is 144 Å². The Hall–Kier alpha value is -1.73. The van der Waals surface area contributed by atoms with Crippen molar-refractivity contribution >= 4 is 29.1 Å². The van der Waals surface area contributed by atoms with Crippen molar-refractivity contribution in [1.29, 1.82) is 0 Å². The van der Waals surface area contributed by atoms with Gasteiger partial charge in [0.05, 0.1) is 24.7 Å². The molecule has 1 saturated carbocycles. The maximum absolute atomic E-state index is 12.5. The maximum Gasteiger partial charge on any atom is 0.317 e. The lowest BCUT2D eigenvalue weighted by Crippen LogP contribution is -2.55. The lowest BCUT2D eigenvalue weighted by Gasteiger charge is -2.43. The number of aliphatic hydroxyl groups is 1. The van der Waals surface area contributed by atoms with Gasteiger partial charge >= 0.3 is 11.9 Å². The molecule has 132 valence electrons. The van der Waals surface area contributed by atoms with Gasteiger partial charge in [-0.25, -0.2) is 0 Å². The number of hydrogen-bond donors (Lipinski definition) is 1. The van der Waals surface area contributed by atoms with Crippen molar-refractivity contribution in [3.05, 3.63) is 22.4 Å². The van der Waals surface area contributed by atoms with Gasteiger partial charge in [-0.15, -0.1) is 11.3 Å². The summed E-state index contributed by atoms with van der Waals surface area (Å²) in [5.41, 5.74) is -1.58.